The standard InChI is InChI=1S/C21H20N4O5S/c26-15-7-8-17(20(27)10-15)19-13-31-21(22-12-16-5-3-9-30-16)24(19)23-11-14-4-1-2-6-18(14)25(28)29/h1-2,4,6-8,10-11,13,16,26-27H,3,5,9,12H2/b22-21?,23-11+. The van der Waals surface area contributed by atoms with Gasteiger partial charge in [0.1, 0.15) is 11.5 Å². The number of hydrogen-bond acceptors (Lipinski definition) is 8. The maximum Gasteiger partial charge on any atom is 0.278 e. The van der Waals surface area contributed by atoms with Gasteiger partial charge in [0.05, 0.1) is 35.0 Å². The first kappa shape index (κ1) is 20.8. The molecule has 2 aromatic carbocycles. The summed E-state index contributed by atoms with van der Waals surface area (Å²) >= 11 is 1.33. The van der Waals surface area contributed by atoms with Gasteiger partial charge >= 0.3 is 0 Å². The van der Waals surface area contributed by atoms with Gasteiger partial charge in [0.25, 0.3) is 5.69 Å². The van der Waals surface area contributed by atoms with Crippen molar-refractivity contribution >= 4 is 23.2 Å². The number of rotatable bonds is 6. The van der Waals surface area contributed by atoms with Gasteiger partial charge in [-0.2, -0.15) is 5.10 Å². The second-order valence-corrected chi connectivity index (χ2v) is 7.79. The molecule has 31 heavy (non-hydrogen) atoms. The SMILES string of the molecule is O=[N+]([O-])c1ccccc1/C=N/n1c(-c2ccc(O)cc2O)csc1=NCC1CCCO1. The van der Waals surface area contributed by atoms with Crippen LogP contribution >= 0.6 is 11.3 Å². The highest BCUT2D eigenvalue weighted by Crippen LogP contribution is 2.32. The quantitative estimate of drug-likeness (QED) is 0.345. The monoisotopic (exact) mass is 440 g/mol. The lowest BCUT2D eigenvalue weighted by Crippen LogP contribution is -2.17. The van der Waals surface area contributed by atoms with Crippen molar-refractivity contribution in [2.75, 3.05) is 13.2 Å². The van der Waals surface area contributed by atoms with Gasteiger partial charge in [-0.3, -0.25) is 15.1 Å². The third kappa shape index (κ3) is 4.65. The first-order valence-corrected chi connectivity index (χ1v) is 10.5. The number of hydrogen-bond donors (Lipinski definition) is 2. The van der Waals surface area contributed by atoms with Crippen LogP contribution < -0.4 is 4.80 Å². The number of aromatic hydroxyl groups is 2. The van der Waals surface area contributed by atoms with Gasteiger partial charge in [0, 0.05) is 29.7 Å². The van der Waals surface area contributed by atoms with E-state index in [1.807, 2.05) is 0 Å². The molecule has 2 heterocycles. The molecule has 10 heteroatoms. The van der Waals surface area contributed by atoms with Crippen molar-refractivity contribution in [1.82, 2.24) is 4.68 Å². The number of nitro benzene ring substituents is 1. The summed E-state index contributed by atoms with van der Waals surface area (Å²) in [5.74, 6) is -0.173. The number of benzene rings is 2. The van der Waals surface area contributed by atoms with E-state index < -0.39 is 4.92 Å². The fourth-order valence-corrected chi connectivity index (χ4v) is 4.13. The minimum Gasteiger partial charge on any atom is -0.508 e. The molecular weight excluding hydrogens is 420 g/mol. The molecule has 1 saturated heterocycles. The molecule has 0 aliphatic carbocycles. The van der Waals surface area contributed by atoms with E-state index in [2.05, 4.69) is 10.1 Å². The van der Waals surface area contributed by atoms with E-state index in [0.29, 0.717) is 28.2 Å². The van der Waals surface area contributed by atoms with Gasteiger partial charge < -0.3 is 14.9 Å². The lowest BCUT2D eigenvalue weighted by atomic mass is 10.1. The van der Waals surface area contributed by atoms with E-state index in [4.69, 9.17) is 4.74 Å². The van der Waals surface area contributed by atoms with Crippen LogP contribution in [0.15, 0.2) is 57.9 Å². The zero-order valence-corrected chi connectivity index (χ0v) is 17.2. The summed E-state index contributed by atoms with van der Waals surface area (Å²) in [6.45, 7) is 1.20. The summed E-state index contributed by atoms with van der Waals surface area (Å²) in [4.78, 5) is 16.0. The predicted molar refractivity (Wildman–Crippen MR) is 117 cm³/mol. The van der Waals surface area contributed by atoms with Crippen LogP contribution in [0.3, 0.4) is 0 Å². The first-order valence-electron chi connectivity index (χ1n) is 9.65. The molecule has 0 spiro atoms. The van der Waals surface area contributed by atoms with Crippen LogP contribution in [0.5, 0.6) is 11.5 Å². The molecule has 1 aliphatic heterocycles. The van der Waals surface area contributed by atoms with Crippen molar-refractivity contribution in [2.24, 2.45) is 10.1 Å². The summed E-state index contributed by atoms with van der Waals surface area (Å²) in [5, 5.41) is 37.5. The molecule has 0 saturated carbocycles. The van der Waals surface area contributed by atoms with Gasteiger partial charge in [-0.25, -0.2) is 4.68 Å². The molecule has 1 unspecified atom stereocenters. The highest BCUT2D eigenvalue weighted by Gasteiger charge is 2.17. The van der Waals surface area contributed by atoms with Crippen molar-refractivity contribution in [3.05, 3.63) is 68.3 Å². The summed E-state index contributed by atoms with van der Waals surface area (Å²) in [6.07, 6.45) is 3.41. The molecular formula is C21H20N4O5S. The Balaban J connectivity index is 1.78. The van der Waals surface area contributed by atoms with Crippen LogP contribution in [0.4, 0.5) is 5.69 Å². The highest BCUT2D eigenvalue weighted by molar-refractivity contribution is 7.07. The molecule has 1 aliphatic rings. The Hall–Kier alpha value is -3.50. The number of para-hydroxylation sites is 1. The zero-order valence-electron chi connectivity index (χ0n) is 16.4. The van der Waals surface area contributed by atoms with E-state index in [9.17, 15) is 20.3 Å². The van der Waals surface area contributed by atoms with Crippen LogP contribution in [-0.2, 0) is 4.74 Å². The van der Waals surface area contributed by atoms with Gasteiger partial charge in [-0.15, -0.1) is 11.3 Å². The van der Waals surface area contributed by atoms with Gasteiger partial charge in [-0.1, -0.05) is 12.1 Å². The van der Waals surface area contributed by atoms with Crippen molar-refractivity contribution in [1.29, 1.82) is 0 Å². The Morgan fingerprint density at radius 3 is 2.87 bits per heavy atom. The molecule has 4 rings (SSSR count). The number of thiazole rings is 1. The maximum atomic E-state index is 11.3. The Morgan fingerprint density at radius 1 is 1.29 bits per heavy atom. The van der Waals surface area contributed by atoms with Crippen LogP contribution in [0.2, 0.25) is 0 Å². The fourth-order valence-electron chi connectivity index (χ4n) is 3.29. The zero-order chi connectivity index (χ0) is 21.8. The average molecular weight is 440 g/mol. The van der Waals surface area contributed by atoms with Gasteiger partial charge in [-0.05, 0) is 31.0 Å². The van der Waals surface area contributed by atoms with Gasteiger partial charge in [0.2, 0.25) is 4.80 Å². The number of aromatic nitrogens is 1. The van der Waals surface area contributed by atoms with Crippen molar-refractivity contribution in [3.63, 3.8) is 0 Å². The summed E-state index contributed by atoms with van der Waals surface area (Å²) < 4.78 is 7.16. The second-order valence-electron chi connectivity index (χ2n) is 6.95. The molecule has 1 atom stereocenters. The van der Waals surface area contributed by atoms with Crippen LogP contribution in [0, 0.1) is 10.1 Å². The number of phenolic OH excluding ortho intramolecular Hbond substituents is 2. The van der Waals surface area contributed by atoms with Crippen LogP contribution in [0.25, 0.3) is 11.3 Å². The summed E-state index contributed by atoms with van der Waals surface area (Å²) in [5.41, 5.74) is 1.28. The molecule has 9 nitrogen and oxygen atoms in total. The summed E-state index contributed by atoms with van der Waals surface area (Å²) in [7, 11) is 0. The van der Waals surface area contributed by atoms with Crippen LogP contribution in [0.1, 0.15) is 18.4 Å². The lowest BCUT2D eigenvalue weighted by Gasteiger charge is -2.07. The van der Waals surface area contributed by atoms with E-state index in [-0.39, 0.29) is 23.3 Å². The molecule has 0 radical (unpaired) electrons. The average Bonchev–Trinajstić information content (AvgIpc) is 3.41. The largest absolute Gasteiger partial charge is 0.508 e. The predicted octanol–water partition coefficient (Wildman–Crippen LogP) is 3.50. The highest BCUT2D eigenvalue weighted by atomic mass is 32.1. The van der Waals surface area contributed by atoms with E-state index in [0.717, 1.165) is 19.4 Å². The van der Waals surface area contributed by atoms with E-state index in [1.165, 1.54) is 40.4 Å². The summed E-state index contributed by atoms with van der Waals surface area (Å²) in [6, 6.07) is 10.6. The second kappa shape index (κ2) is 9.11. The fraction of sp³-hybridized carbons (Fsp3) is 0.238. The third-order valence-electron chi connectivity index (χ3n) is 4.84. The molecule has 0 amide bonds. The lowest BCUT2D eigenvalue weighted by molar-refractivity contribution is -0.385. The Labute approximate surface area is 181 Å². The van der Waals surface area contributed by atoms with Crippen molar-refractivity contribution < 1.29 is 19.9 Å². The number of phenols is 2. The number of nitrogens with zero attached hydrogens (tertiary/aromatic N) is 4. The van der Waals surface area contributed by atoms with Crippen molar-refractivity contribution in [2.45, 2.75) is 18.9 Å². The third-order valence-corrected chi connectivity index (χ3v) is 5.70. The minimum absolute atomic E-state index is 0.0558. The molecule has 2 N–H and O–H groups in total. The number of ether oxygens (including phenoxy) is 1. The van der Waals surface area contributed by atoms with Gasteiger partial charge in [0.15, 0.2) is 0 Å². The normalized spacial score (nSPS) is 16.9. The number of nitro groups is 1. The van der Waals surface area contributed by atoms with E-state index in [1.54, 1.807) is 29.6 Å². The minimum atomic E-state index is -0.463. The Kier molecular flexibility index (Phi) is 6.10. The molecule has 1 aromatic heterocycles. The topological polar surface area (TPSA) is 122 Å². The smallest absolute Gasteiger partial charge is 0.278 e. The maximum absolute atomic E-state index is 11.3. The Bertz CT molecular complexity index is 1190. The molecule has 0 bridgehead atoms. The van der Waals surface area contributed by atoms with E-state index >= 15 is 0 Å². The Morgan fingerprint density at radius 2 is 2.13 bits per heavy atom. The van der Waals surface area contributed by atoms with Crippen LogP contribution in [-0.4, -0.2) is 45.3 Å². The molecule has 3 aromatic rings. The molecule has 160 valence electrons. The first-order chi connectivity index (χ1) is 15.0. The van der Waals surface area contributed by atoms with Crippen molar-refractivity contribution in [3.8, 4) is 22.8 Å². The molecule has 1 fully saturated rings.